The van der Waals surface area contributed by atoms with Crippen LogP contribution in [0.5, 0.6) is 0 Å². The first-order chi connectivity index (χ1) is 14.1. The van der Waals surface area contributed by atoms with E-state index in [1.54, 1.807) is 17.5 Å². The van der Waals surface area contributed by atoms with Gasteiger partial charge in [-0.05, 0) is 43.1 Å². The average Bonchev–Trinajstić information content (AvgIpc) is 3.16. The minimum absolute atomic E-state index is 0.541. The summed E-state index contributed by atoms with van der Waals surface area (Å²) >= 11 is 8.10. The molecule has 2 aromatic heterocycles. The molecule has 8 heteroatoms. The molecule has 1 aliphatic heterocycles. The molecule has 0 bridgehead atoms. The number of thiophene rings is 1. The third-order valence-electron chi connectivity index (χ3n) is 5.33. The van der Waals surface area contributed by atoms with Gasteiger partial charge in [0.2, 0.25) is 5.95 Å². The molecule has 3 heterocycles. The van der Waals surface area contributed by atoms with E-state index in [-0.39, 0.29) is 0 Å². The van der Waals surface area contributed by atoms with E-state index in [1.807, 2.05) is 0 Å². The molecule has 3 aromatic rings. The van der Waals surface area contributed by atoms with Crippen LogP contribution in [0.15, 0.2) is 30.5 Å². The summed E-state index contributed by atoms with van der Waals surface area (Å²) in [5.41, 5.74) is 7.67. The summed E-state index contributed by atoms with van der Waals surface area (Å²) < 4.78 is 1.19. The Balaban J connectivity index is 1.40. The van der Waals surface area contributed by atoms with Crippen molar-refractivity contribution in [3.05, 3.63) is 41.0 Å². The number of halogens is 1. The first-order valence-electron chi connectivity index (χ1n) is 10.0. The molecule has 0 radical (unpaired) electrons. The summed E-state index contributed by atoms with van der Waals surface area (Å²) in [6, 6.07) is 8.43. The van der Waals surface area contributed by atoms with Gasteiger partial charge < -0.3 is 20.9 Å². The number of benzene rings is 1. The largest absolute Gasteiger partial charge is 0.354 e. The maximum Gasteiger partial charge on any atom is 0.223 e. The highest BCUT2D eigenvalue weighted by molar-refractivity contribution is 7.22. The van der Waals surface area contributed by atoms with E-state index < -0.39 is 0 Å². The van der Waals surface area contributed by atoms with Crippen molar-refractivity contribution >= 4 is 39.0 Å². The molecule has 4 rings (SSSR count). The summed E-state index contributed by atoms with van der Waals surface area (Å²) in [4.78, 5) is 15.0. The van der Waals surface area contributed by atoms with Crippen molar-refractivity contribution in [1.29, 1.82) is 0 Å². The van der Waals surface area contributed by atoms with Gasteiger partial charge in [0.15, 0.2) is 0 Å². The number of nitrogens with one attached hydrogen (secondary N) is 1. The van der Waals surface area contributed by atoms with Gasteiger partial charge in [-0.1, -0.05) is 23.7 Å². The molecule has 0 aliphatic carbocycles. The summed E-state index contributed by atoms with van der Waals surface area (Å²) in [6.45, 7) is 7.09. The Morgan fingerprint density at radius 1 is 1.21 bits per heavy atom. The lowest BCUT2D eigenvalue weighted by molar-refractivity contribution is 0.154. The Morgan fingerprint density at radius 3 is 2.83 bits per heavy atom. The second-order valence-electron chi connectivity index (χ2n) is 7.50. The van der Waals surface area contributed by atoms with Crippen LogP contribution in [-0.4, -0.2) is 66.1 Å². The van der Waals surface area contributed by atoms with E-state index in [2.05, 4.69) is 56.4 Å². The van der Waals surface area contributed by atoms with E-state index in [9.17, 15) is 0 Å². The van der Waals surface area contributed by atoms with Gasteiger partial charge in [0, 0.05) is 44.0 Å². The number of piperazine rings is 1. The van der Waals surface area contributed by atoms with Gasteiger partial charge in [-0.25, -0.2) is 9.97 Å². The molecule has 3 N–H and O–H groups in total. The maximum atomic E-state index is 6.41. The average molecular weight is 431 g/mol. The minimum Gasteiger partial charge on any atom is -0.354 e. The van der Waals surface area contributed by atoms with E-state index >= 15 is 0 Å². The number of hydrogen-bond acceptors (Lipinski definition) is 7. The molecule has 154 valence electrons. The lowest BCUT2D eigenvalue weighted by Gasteiger charge is -2.32. The normalized spacial score (nSPS) is 15.8. The van der Waals surface area contributed by atoms with Crippen LogP contribution in [0.25, 0.3) is 20.7 Å². The zero-order chi connectivity index (χ0) is 20.2. The zero-order valence-electron chi connectivity index (χ0n) is 16.7. The Kier molecular flexibility index (Phi) is 6.62. The quantitative estimate of drug-likeness (QED) is 0.559. The van der Waals surface area contributed by atoms with Crippen molar-refractivity contribution in [3.8, 4) is 10.6 Å². The number of nitrogens with zero attached hydrogens (tertiary/aromatic N) is 4. The molecule has 0 spiro atoms. The van der Waals surface area contributed by atoms with Crippen LogP contribution in [0.2, 0.25) is 5.02 Å². The highest BCUT2D eigenvalue weighted by atomic mass is 35.5. The lowest BCUT2D eigenvalue weighted by Crippen LogP contribution is -2.44. The second kappa shape index (κ2) is 9.36. The molecule has 1 aromatic carbocycles. The first kappa shape index (κ1) is 20.5. The van der Waals surface area contributed by atoms with Crippen LogP contribution in [0.1, 0.15) is 12.0 Å². The lowest BCUT2D eigenvalue weighted by atomic mass is 10.1. The van der Waals surface area contributed by atoms with Crippen LogP contribution in [0.4, 0.5) is 5.95 Å². The fourth-order valence-corrected chi connectivity index (χ4v) is 4.90. The van der Waals surface area contributed by atoms with Crippen LogP contribution < -0.4 is 11.1 Å². The SMILES string of the molecule is CN1CCN(CCCNc2ncc(Cl)c(-c3cc4ccc(CN)cc4s3)n2)CC1. The number of likely N-dealkylation sites (N-methyl/N-ethyl adjacent to an activating group) is 1. The summed E-state index contributed by atoms with van der Waals surface area (Å²) in [5, 5.41) is 5.10. The van der Waals surface area contributed by atoms with E-state index in [0.717, 1.165) is 61.8 Å². The van der Waals surface area contributed by atoms with Gasteiger partial charge in [-0.3, -0.25) is 0 Å². The van der Waals surface area contributed by atoms with Crippen molar-refractivity contribution < 1.29 is 0 Å². The predicted molar refractivity (Wildman–Crippen MR) is 123 cm³/mol. The number of fused-ring (bicyclic) bond motifs is 1. The molecule has 1 fully saturated rings. The van der Waals surface area contributed by atoms with Crippen molar-refractivity contribution in [2.45, 2.75) is 13.0 Å². The first-order valence-corrected chi connectivity index (χ1v) is 11.2. The smallest absolute Gasteiger partial charge is 0.223 e. The number of hydrogen-bond donors (Lipinski definition) is 2. The topological polar surface area (TPSA) is 70.3 Å². The number of rotatable bonds is 7. The molecule has 1 aliphatic rings. The monoisotopic (exact) mass is 430 g/mol. The Labute approximate surface area is 180 Å². The van der Waals surface area contributed by atoms with Gasteiger partial charge in [-0.2, -0.15) is 0 Å². The highest BCUT2D eigenvalue weighted by Gasteiger charge is 2.14. The highest BCUT2D eigenvalue weighted by Crippen LogP contribution is 2.36. The van der Waals surface area contributed by atoms with Crippen LogP contribution in [-0.2, 0) is 6.54 Å². The number of aromatic nitrogens is 2. The molecule has 0 amide bonds. The van der Waals surface area contributed by atoms with Gasteiger partial charge in [-0.15, -0.1) is 11.3 Å². The second-order valence-corrected chi connectivity index (χ2v) is 8.99. The zero-order valence-corrected chi connectivity index (χ0v) is 18.3. The maximum absolute atomic E-state index is 6.41. The van der Waals surface area contributed by atoms with Crippen molar-refractivity contribution in [2.75, 3.05) is 51.6 Å². The number of anilines is 1. The molecular formula is C21H27ClN6S. The van der Waals surface area contributed by atoms with Crippen LogP contribution in [0.3, 0.4) is 0 Å². The molecule has 0 atom stereocenters. The van der Waals surface area contributed by atoms with E-state index in [4.69, 9.17) is 17.3 Å². The molecule has 1 saturated heterocycles. The van der Waals surface area contributed by atoms with Gasteiger partial charge >= 0.3 is 0 Å². The van der Waals surface area contributed by atoms with Crippen molar-refractivity contribution in [1.82, 2.24) is 19.8 Å². The summed E-state index contributed by atoms with van der Waals surface area (Å²) in [5.74, 6) is 0.628. The molecular weight excluding hydrogens is 404 g/mol. The summed E-state index contributed by atoms with van der Waals surface area (Å²) in [6.07, 6.45) is 2.75. The fourth-order valence-electron chi connectivity index (χ4n) is 3.52. The minimum atomic E-state index is 0.541. The van der Waals surface area contributed by atoms with Crippen molar-refractivity contribution in [2.24, 2.45) is 5.73 Å². The third kappa shape index (κ3) is 5.05. The Morgan fingerprint density at radius 2 is 2.03 bits per heavy atom. The molecule has 0 unspecified atom stereocenters. The number of nitrogens with two attached hydrogens (primary N) is 1. The standard InChI is InChI=1S/C21H27ClN6S/c1-27-7-9-28(10-8-27)6-2-5-24-21-25-14-17(22)20(26-21)19-12-16-4-3-15(13-23)11-18(16)29-19/h3-4,11-12,14H,2,5-10,13,23H2,1H3,(H,24,25,26). The Bertz CT molecular complexity index is 967. The van der Waals surface area contributed by atoms with Crippen molar-refractivity contribution in [3.63, 3.8) is 0 Å². The Hall–Kier alpha value is -1.77. The summed E-state index contributed by atoms with van der Waals surface area (Å²) in [7, 11) is 2.18. The van der Waals surface area contributed by atoms with E-state index in [1.165, 1.54) is 10.1 Å². The molecule has 0 saturated carbocycles. The molecule has 6 nitrogen and oxygen atoms in total. The van der Waals surface area contributed by atoms with Gasteiger partial charge in [0.1, 0.15) is 5.69 Å². The van der Waals surface area contributed by atoms with Gasteiger partial charge in [0.25, 0.3) is 0 Å². The third-order valence-corrected chi connectivity index (χ3v) is 6.71. The van der Waals surface area contributed by atoms with E-state index in [0.29, 0.717) is 17.5 Å². The fraction of sp³-hybridized carbons (Fsp3) is 0.429. The van der Waals surface area contributed by atoms with Gasteiger partial charge in [0.05, 0.1) is 16.1 Å². The predicted octanol–water partition coefficient (Wildman–Crippen LogP) is 3.52. The van der Waals surface area contributed by atoms with Crippen LogP contribution >= 0.6 is 22.9 Å². The van der Waals surface area contributed by atoms with Crippen LogP contribution in [0, 0.1) is 0 Å². The molecule has 29 heavy (non-hydrogen) atoms.